The Hall–Kier alpha value is -4.86. The molecule has 2 heterocycles. The van der Waals surface area contributed by atoms with Crippen LogP contribution in [0.2, 0.25) is 0 Å². The van der Waals surface area contributed by atoms with Crippen LogP contribution in [-0.2, 0) is 16.6 Å². The zero-order chi connectivity index (χ0) is 31.0. The number of carbonyl (C=O) groups is 3. The number of aromatic nitrogens is 2. The predicted molar refractivity (Wildman–Crippen MR) is 163 cm³/mol. The molecule has 2 saturated carbocycles. The number of carbonyl (C=O) groups excluding carboxylic acids is 2. The van der Waals surface area contributed by atoms with Crippen LogP contribution in [0.4, 0.5) is 14.5 Å². The second-order valence-electron chi connectivity index (χ2n) is 11.6. The highest BCUT2D eigenvalue weighted by Gasteiger charge is 2.46. The van der Waals surface area contributed by atoms with Gasteiger partial charge in [-0.25, -0.2) is 13.6 Å². The lowest BCUT2D eigenvalue weighted by molar-refractivity contribution is -0.131. The fourth-order valence-corrected chi connectivity index (χ4v) is 6.48. The normalized spacial score (nSPS) is 16.2. The maximum absolute atomic E-state index is 14.8. The molecule has 2 aliphatic rings. The number of halogens is 2. The van der Waals surface area contributed by atoms with Crippen molar-refractivity contribution >= 4 is 40.4 Å². The standard InChI is InChI=1S/C34H32F2N4O4/c1-40-27-19-22(11-12-23(27)29(21-7-2-3-8-21)31(40)26-9-4-5-16-37-26)32(43)39-34(14-6-15-34)33(44)38-30-24(35)17-20(18-25(30)36)10-13-28(41)42/h4-5,9-13,16-19,21H,2-3,6-8,14-15H2,1H3,(H,38,44)(H,39,43)(H,41,42)/b13-10+. The second kappa shape index (κ2) is 11.7. The summed E-state index contributed by atoms with van der Waals surface area (Å²) in [6, 6.07) is 13.2. The van der Waals surface area contributed by atoms with E-state index in [1.807, 2.05) is 37.4 Å². The highest BCUT2D eigenvalue weighted by Crippen LogP contribution is 2.44. The summed E-state index contributed by atoms with van der Waals surface area (Å²) in [4.78, 5) is 42.3. The maximum atomic E-state index is 14.8. The molecule has 3 N–H and O–H groups in total. The van der Waals surface area contributed by atoms with Gasteiger partial charge in [0.1, 0.15) is 22.9 Å². The summed E-state index contributed by atoms with van der Waals surface area (Å²) in [5, 5.41) is 15.0. The summed E-state index contributed by atoms with van der Waals surface area (Å²) < 4.78 is 31.6. The van der Waals surface area contributed by atoms with E-state index < -0.39 is 40.6 Å². The molecule has 226 valence electrons. The van der Waals surface area contributed by atoms with Gasteiger partial charge in [0.25, 0.3) is 5.91 Å². The molecule has 2 amide bonds. The van der Waals surface area contributed by atoms with Crippen molar-refractivity contribution in [2.75, 3.05) is 5.32 Å². The topological polar surface area (TPSA) is 113 Å². The first-order chi connectivity index (χ1) is 21.2. The van der Waals surface area contributed by atoms with Crippen molar-refractivity contribution in [1.29, 1.82) is 0 Å². The van der Waals surface area contributed by atoms with Gasteiger partial charge in [0.05, 0.1) is 11.4 Å². The van der Waals surface area contributed by atoms with E-state index >= 15 is 0 Å². The number of nitrogens with zero attached hydrogens (tertiary/aromatic N) is 2. The summed E-state index contributed by atoms with van der Waals surface area (Å²) in [5.74, 6) is -4.15. The third-order valence-electron chi connectivity index (χ3n) is 8.89. The number of fused-ring (bicyclic) bond motifs is 1. The smallest absolute Gasteiger partial charge is 0.328 e. The molecule has 4 aromatic rings. The molecule has 0 radical (unpaired) electrons. The summed E-state index contributed by atoms with van der Waals surface area (Å²) in [6.45, 7) is 0. The van der Waals surface area contributed by atoms with Crippen LogP contribution in [0.5, 0.6) is 0 Å². The second-order valence-corrected chi connectivity index (χ2v) is 11.6. The summed E-state index contributed by atoms with van der Waals surface area (Å²) in [6.07, 6.45) is 9.41. The number of anilines is 1. The van der Waals surface area contributed by atoms with Crippen LogP contribution in [-0.4, -0.2) is 38.0 Å². The highest BCUT2D eigenvalue weighted by atomic mass is 19.1. The first-order valence-corrected chi connectivity index (χ1v) is 14.7. The van der Waals surface area contributed by atoms with Crippen molar-refractivity contribution < 1.29 is 28.3 Å². The minimum atomic E-state index is -1.32. The Balaban J connectivity index is 1.27. The number of aryl methyl sites for hydroxylation is 1. The van der Waals surface area contributed by atoms with Gasteiger partial charge in [0.15, 0.2) is 0 Å². The third-order valence-corrected chi connectivity index (χ3v) is 8.89. The first-order valence-electron chi connectivity index (χ1n) is 14.7. The number of nitrogens with one attached hydrogen (secondary N) is 2. The lowest BCUT2D eigenvalue weighted by Gasteiger charge is -2.40. The molecule has 0 bridgehead atoms. The average Bonchev–Trinajstić information content (AvgIpc) is 3.62. The molecule has 44 heavy (non-hydrogen) atoms. The van der Waals surface area contributed by atoms with Crippen LogP contribution in [0, 0.1) is 11.6 Å². The van der Waals surface area contributed by atoms with E-state index in [1.54, 1.807) is 12.3 Å². The quantitative estimate of drug-likeness (QED) is 0.199. The number of hydrogen-bond donors (Lipinski definition) is 3. The predicted octanol–water partition coefficient (Wildman–Crippen LogP) is 6.57. The van der Waals surface area contributed by atoms with Gasteiger partial charge in [-0.3, -0.25) is 14.6 Å². The fraction of sp³-hybridized carbons (Fsp3) is 0.294. The summed E-state index contributed by atoms with van der Waals surface area (Å²) >= 11 is 0. The van der Waals surface area contributed by atoms with E-state index in [2.05, 4.69) is 20.2 Å². The van der Waals surface area contributed by atoms with Crippen LogP contribution >= 0.6 is 0 Å². The Morgan fingerprint density at radius 2 is 1.75 bits per heavy atom. The van der Waals surface area contributed by atoms with Crippen LogP contribution in [0.3, 0.4) is 0 Å². The first kappa shape index (κ1) is 29.2. The molecule has 2 aliphatic carbocycles. The molecule has 2 aromatic heterocycles. The number of pyridine rings is 1. The van der Waals surface area contributed by atoms with Gasteiger partial charge in [0.2, 0.25) is 5.91 Å². The maximum Gasteiger partial charge on any atom is 0.328 e. The molecule has 6 rings (SSSR count). The SMILES string of the molecule is Cn1c(-c2ccccn2)c(C2CCCC2)c2ccc(C(=O)NC3(C(=O)Nc4c(F)cc(/C=C/C(=O)O)cc4F)CCC3)cc21. The molecular formula is C34H32F2N4O4. The zero-order valence-electron chi connectivity index (χ0n) is 24.2. The Morgan fingerprint density at radius 1 is 1.02 bits per heavy atom. The summed E-state index contributed by atoms with van der Waals surface area (Å²) in [7, 11) is 1.97. The van der Waals surface area contributed by atoms with Crippen LogP contribution in [0.25, 0.3) is 28.4 Å². The molecule has 10 heteroatoms. The highest BCUT2D eigenvalue weighted by molar-refractivity contribution is 6.06. The van der Waals surface area contributed by atoms with Gasteiger partial charge in [0, 0.05) is 35.8 Å². The van der Waals surface area contributed by atoms with Crippen molar-refractivity contribution in [3.63, 3.8) is 0 Å². The van der Waals surface area contributed by atoms with Crippen molar-refractivity contribution in [3.05, 3.63) is 89.1 Å². The molecule has 0 aliphatic heterocycles. The van der Waals surface area contributed by atoms with Crippen molar-refractivity contribution in [2.45, 2.75) is 56.4 Å². The van der Waals surface area contributed by atoms with Gasteiger partial charge in [-0.15, -0.1) is 0 Å². The summed E-state index contributed by atoms with van der Waals surface area (Å²) in [5.41, 5.74) is 2.41. The fourth-order valence-electron chi connectivity index (χ4n) is 6.48. The Labute approximate surface area is 252 Å². The van der Waals surface area contributed by atoms with Crippen molar-refractivity contribution in [1.82, 2.24) is 14.9 Å². The minimum absolute atomic E-state index is 0.00887. The van der Waals surface area contributed by atoms with Crippen LogP contribution < -0.4 is 10.6 Å². The van der Waals surface area contributed by atoms with Gasteiger partial charge in [-0.1, -0.05) is 25.0 Å². The molecule has 2 fully saturated rings. The van der Waals surface area contributed by atoms with Gasteiger partial charge in [-0.2, -0.15) is 0 Å². The number of benzene rings is 2. The number of aliphatic carboxylic acids is 1. The Kier molecular flexibility index (Phi) is 7.75. The van der Waals surface area contributed by atoms with Crippen molar-refractivity contribution in [3.8, 4) is 11.4 Å². The van der Waals surface area contributed by atoms with E-state index in [-0.39, 0.29) is 5.56 Å². The lowest BCUT2D eigenvalue weighted by Crippen LogP contribution is -2.61. The molecular weight excluding hydrogens is 566 g/mol. The van der Waals surface area contributed by atoms with E-state index in [1.165, 1.54) is 18.4 Å². The Morgan fingerprint density at radius 3 is 2.36 bits per heavy atom. The van der Waals surface area contributed by atoms with Crippen LogP contribution in [0.1, 0.15) is 72.3 Å². The van der Waals surface area contributed by atoms with E-state index in [9.17, 15) is 23.2 Å². The molecule has 8 nitrogen and oxygen atoms in total. The average molecular weight is 599 g/mol. The number of rotatable bonds is 8. The molecule has 0 spiro atoms. The van der Waals surface area contributed by atoms with Gasteiger partial charge in [-0.05, 0) is 91.6 Å². The van der Waals surface area contributed by atoms with Crippen molar-refractivity contribution in [2.24, 2.45) is 7.05 Å². The molecule has 0 atom stereocenters. The zero-order valence-corrected chi connectivity index (χ0v) is 24.2. The number of hydrogen-bond acceptors (Lipinski definition) is 4. The number of carboxylic acid groups (broad SMARTS) is 1. The van der Waals surface area contributed by atoms with E-state index in [4.69, 9.17) is 5.11 Å². The lowest BCUT2D eigenvalue weighted by atomic mass is 9.75. The monoisotopic (exact) mass is 598 g/mol. The molecule has 0 saturated heterocycles. The third kappa shape index (κ3) is 5.36. The van der Waals surface area contributed by atoms with Gasteiger partial charge < -0.3 is 20.3 Å². The minimum Gasteiger partial charge on any atom is -0.478 e. The van der Waals surface area contributed by atoms with Gasteiger partial charge >= 0.3 is 5.97 Å². The molecule has 2 aromatic carbocycles. The number of carboxylic acids is 1. The largest absolute Gasteiger partial charge is 0.478 e. The Bertz CT molecular complexity index is 1780. The van der Waals surface area contributed by atoms with E-state index in [0.717, 1.165) is 59.4 Å². The van der Waals surface area contributed by atoms with Crippen LogP contribution in [0.15, 0.2) is 60.8 Å². The molecule has 0 unspecified atom stereocenters. The van der Waals surface area contributed by atoms with E-state index in [0.29, 0.717) is 30.7 Å². The number of amides is 2.